The quantitative estimate of drug-likeness (QED) is 0.867. The minimum Gasteiger partial charge on any atom is -0.357 e. The molecule has 5 nitrogen and oxygen atoms in total. The number of carbonyl (C=O) groups is 1. The van der Waals surface area contributed by atoms with Crippen LogP contribution in [0.3, 0.4) is 0 Å². The van der Waals surface area contributed by atoms with Gasteiger partial charge in [0.25, 0.3) is 0 Å². The number of carbonyl (C=O) groups excluding carboxylic acids is 1. The Kier molecular flexibility index (Phi) is 5.68. The van der Waals surface area contributed by atoms with Crippen LogP contribution in [-0.4, -0.2) is 30.0 Å². The van der Waals surface area contributed by atoms with E-state index in [1.54, 1.807) is 12.3 Å². The average Bonchev–Trinajstić information content (AvgIpc) is 2.90. The molecule has 0 unspecified atom stereocenters. The number of piperidine rings is 1. The van der Waals surface area contributed by atoms with E-state index in [0.717, 1.165) is 44.6 Å². The third-order valence-corrected chi connectivity index (χ3v) is 5.27. The fourth-order valence-electron chi connectivity index (χ4n) is 3.75. The van der Waals surface area contributed by atoms with Crippen molar-refractivity contribution in [3.8, 4) is 6.07 Å². The fraction of sp³-hybridized carbons (Fsp3) is 0.632. The van der Waals surface area contributed by atoms with Crippen molar-refractivity contribution in [3.63, 3.8) is 0 Å². The lowest BCUT2D eigenvalue weighted by atomic mass is 9.95. The average molecular weight is 326 g/mol. The van der Waals surface area contributed by atoms with Crippen molar-refractivity contribution in [2.75, 3.05) is 18.0 Å². The number of nitrogens with one attached hydrogen (secondary N) is 1. The molecule has 0 aromatic carbocycles. The molecule has 5 heteroatoms. The molecule has 1 saturated carbocycles. The smallest absolute Gasteiger partial charge is 0.223 e. The van der Waals surface area contributed by atoms with E-state index in [4.69, 9.17) is 5.26 Å². The molecule has 128 valence electrons. The molecule has 1 aromatic rings. The van der Waals surface area contributed by atoms with Gasteiger partial charge >= 0.3 is 0 Å². The Bertz CT molecular complexity index is 576. The van der Waals surface area contributed by atoms with Crippen LogP contribution in [0.4, 0.5) is 5.82 Å². The summed E-state index contributed by atoms with van der Waals surface area (Å²) in [6, 6.07) is 6.17. The summed E-state index contributed by atoms with van der Waals surface area (Å²) in [6.45, 7) is 1.70. The van der Waals surface area contributed by atoms with Crippen LogP contribution in [0.25, 0.3) is 0 Å². The molecule has 0 radical (unpaired) electrons. The fourth-order valence-corrected chi connectivity index (χ4v) is 3.75. The first-order valence-electron chi connectivity index (χ1n) is 9.18. The Hall–Kier alpha value is -2.09. The standard InChI is InChI=1S/C19H26N4O/c20-13-15-7-8-18(21-14-15)23-11-9-16(10-12-23)19(24)22-17-5-3-1-2-4-6-17/h7-8,14,16-17H,1-6,9-12H2,(H,22,24). The number of pyridine rings is 1. The van der Waals surface area contributed by atoms with E-state index in [1.807, 2.05) is 6.07 Å². The summed E-state index contributed by atoms with van der Waals surface area (Å²) in [6.07, 6.45) is 10.7. The lowest BCUT2D eigenvalue weighted by molar-refractivity contribution is -0.126. The SMILES string of the molecule is N#Cc1ccc(N2CCC(C(=O)NC3CCCCCC3)CC2)nc1. The van der Waals surface area contributed by atoms with Gasteiger partial charge in [0.05, 0.1) is 5.56 Å². The summed E-state index contributed by atoms with van der Waals surface area (Å²) in [7, 11) is 0. The molecule has 1 N–H and O–H groups in total. The van der Waals surface area contributed by atoms with Gasteiger partial charge in [0.2, 0.25) is 5.91 Å². The molecule has 0 spiro atoms. The predicted molar refractivity (Wildman–Crippen MR) is 93.5 cm³/mol. The minimum absolute atomic E-state index is 0.128. The van der Waals surface area contributed by atoms with Gasteiger partial charge in [-0.1, -0.05) is 25.7 Å². The highest BCUT2D eigenvalue weighted by atomic mass is 16.1. The van der Waals surface area contributed by atoms with Crippen LogP contribution < -0.4 is 10.2 Å². The second-order valence-corrected chi connectivity index (χ2v) is 6.98. The van der Waals surface area contributed by atoms with E-state index in [0.29, 0.717) is 11.6 Å². The minimum atomic E-state index is 0.128. The molecule has 2 heterocycles. The summed E-state index contributed by atoms with van der Waals surface area (Å²) in [5, 5.41) is 12.1. The molecule has 1 aromatic heterocycles. The number of hydrogen-bond donors (Lipinski definition) is 1. The van der Waals surface area contributed by atoms with Crippen LogP contribution in [0.2, 0.25) is 0 Å². The Labute approximate surface area is 144 Å². The van der Waals surface area contributed by atoms with Crippen LogP contribution in [0, 0.1) is 17.2 Å². The number of nitrogens with zero attached hydrogens (tertiary/aromatic N) is 3. The maximum absolute atomic E-state index is 12.5. The van der Waals surface area contributed by atoms with E-state index >= 15 is 0 Å². The van der Waals surface area contributed by atoms with Crippen molar-refractivity contribution in [3.05, 3.63) is 23.9 Å². The van der Waals surface area contributed by atoms with E-state index in [9.17, 15) is 4.79 Å². The highest BCUT2D eigenvalue weighted by Gasteiger charge is 2.27. The number of nitriles is 1. The molecule has 3 rings (SSSR count). The molecular formula is C19H26N4O. The number of hydrogen-bond acceptors (Lipinski definition) is 4. The third kappa shape index (κ3) is 4.25. The predicted octanol–water partition coefficient (Wildman–Crippen LogP) is 3.01. The summed E-state index contributed by atoms with van der Waals surface area (Å²) in [4.78, 5) is 19.1. The Morgan fingerprint density at radius 3 is 2.42 bits per heavy atom. The van der Waals surface area contributed by atoms with Gasteiger partial charge in [-0.05, 0) is 37.8 Å². The van der Waals surface area contributed by atoms with E-state index in [1.165, 1.54) is 25.7 Å². The molecular weight excluding hydrogens is 300 g/mol. The van der Waals surface area contributed by atoms with Gasteiger partial charge < -0.3 is 10.2 Å². The van der Waals surface area contributed by atoms with Crippen LogP contribution in [0.5, 0.6) is 0 Å². The highest BCUT2D eigenvalue weighted by molar-refractivity contribution is 5.79. The van der Waals surface area contributed by atoms with Gasteiger partial charge in [0, 0.05) is 31.2 Å². The van der Waals surface area contributed by atoms with Gasteiger partial charge in [-0.3, -0.25) is 4.79 Å². The summed E-state index contributed by atoms with van der Waals surface area (Å²) >= 11 is 0. The van der Waals surface area contributed by atoms with Gasteiger partial charge in [-0.2, -0.15) is 5.26 Å². The number of aromatic nitrogens is 1. The van der Waals surface area contributed by atoms with Crippen LogP contribution in [0.15, 0.2) is 18.3 Å². The van der Waals surface area contributed by atoms with Crippen molar-refractivity contribution >= 4 is 11.7 Å². The molecule has 0 atom stereocenters. The van der Waals surface area contributed by atoms with E-state index in [-0.39, 0.29) is 11.8 Å². The van der Waals surface area contributed by atoms with Crippen molar-refractivity contribution in [2.45, 2.75) is 57.4 Å². The van der Waals surface area contributed by atoms with Crippen molar-refractivity contribution < 1.29 is 4.79 Å². The van der Waals surface area contributed by atoms with Gasteiger partial charge in [0.1, 0.15) is 11.9 Å². The number of rotatable bonds is 3. The largest absolute Gasteiger partial charge is 0.357 e. The molecule has 1 amide bonds. The second-order valence-electron chi connectivity index (χ2n) is 6.98. The number of anilines is 1. The third-order valence-electron chi connectivity index (χ3n) is 5.27. The first-order valence-corrected chi connectivity index (χ1v) is 9.18. The zero-order chi connectivity index (χ0) is 16.8. The summed E-state index contributed by atoms with van der Waals surface area (Å²) in [5.41, 5.74) is 0.580. The Morgan fingerprint density at radius 1 is 1.12 bits per heavy atom. The van der Waals surface area contributed by atoms with Crippen molar-refractivity contribution in [1.82, 2.24) is 10.3 Å². The monoisotopic (exact) mass is 326 g/mol. The topological polar surface area (TPSA) is 69.0 Å². The molecule has 2 fully saturated rings. The zero-order valence-electron chi connectivity index (χ0n) is 14.2. The highest BCUT2D eigenvalue weighted by Crippen LogP contribution is 2.23. The lowest BCUT2D eigenvalue weighted by Crippen LogP contribution is -2.44. The molecule has 1 aliphatic heterocycles. The molecule has 1 aliphatic carbocycles. The molecule has 1 saturated heterocycles. The first-order chi connectivity index (χ1) is 11.8. The number of amides is 1. The summed E-state index contributed by atoms with van der Waals surface area (Å²) < 4.78 is 0. The molecule has 24 heavy (non-hydrogen) atoms. The van der Waals surface area contributed by atoms with Gasteiger partial charge in [-0.15, -0.1) is 0 Å². The Morgan fingerprint density at radius 2 is 1.83 bits per heavy atom. The van der Waals surface area contributed by atoms with Gasteiger partial charge in [-0.25, -0.2) is 4.98 Å². The van der Waals surface area contributed by atoms with Gasteiger partial charge in [0.15, 0.2) is 0 Å². The Balaban J connectivity index is 1.48. The van der Waals surface area contributed by atoms with Crippen molar-refractivity contribution in [2.24, 2.45) is 5.92 Å². The van der Waals surface area contributed by atoms with Crippen LogP contribution in [0.1, 0.15) is 56.9 Å². The normalized spacial score (nSPS) is 20.2. The lowest BCUT2D eigenvalue weighted by Gasteiger charge is -2.32. The first kappa shape index (κ1) is 16.8. The maximum Gasteiger partial charge on any atom is 0.223 e. The van der Waals surface area contributed by atoms with Crippen LogP contribution in [-0.2, 0) is 4.79 Å². The maximum atomic E-state index is 12.5. The molecule has 2 aliphatic rings. The van der Waals surface area contributed by atoms with Crippen molar-refractivity contribution in [1.29, 1.82) is 5.26 Å². The zero-order valence-corrected chi connectivity index (χ0v) is 14.2. The summed E-state index contributed by atoms with van der Waals surface area (Å²) in [5.74, 6) is 1.27. The van der Waals surface area contributed by atoms with E-state index < -0.39 is 0 Å². The van der Waals surface area contributed by atoms with E-state index in [2.05, 4.69) is 21.3 Å². The second kappa shape index (κ2) is 8.14. The van der Waals surface area contributed by atoms with Crippen LogP contribution >= 0.6 is 0 Å². The molecule has 0 bridgehead atoms.